The molecule has 14 heavy (non-hydrogen) atoms. The lowest BCUT2D eigenvalue weighted by molar-refractivity contribution is 0.605. The van der Waals surface area contributed by atoms with Crippen molar-refractivity contribution in [2.75, 3.05) is 9.38 Å². The molecule has 1 rings (SSSR count). The average molecular weight is 347 g/mol. The van der Waals surface area contributed by atoms with Crippen LogP contribution in [0.25, 0.3) is 0 Å². The average Bonchev–Trinajstić information content (AvgIpc) is 2.11. The minimum absolute atomic E-state index is 0.199. The second-order valence-corrected chi connectivity index (χ2v) is 6.33. The first-order valence-electron chi connectivity index (χ1n) is 3.46. The molecule has 1 N–H and O–H groups in total. The van der Waals surface area contributed by atoms with Gasteiger partial charge in [-0.1, -0.05) is 15.9 Å². The fraction of sp³-hybridized carbons (Fsp3) is 0.143. The third-order valence-corrected chi connectivity index (χ3v) is 4.62. The Labute approximate surface area is 98.0 Å². The van der Waals surface area contributed by atoms with Crippen molar-refractivity contribution in [3.05, 3.63) is 28.5 Å². The van der Waals surface area contributed by atoms with Gasteiger partial charge >= 0.3 is 0 Å². The molecule has 0 bridgehead atoms. The molecule has 3 nitrogen and oxygen atoms in total. The van der Waals surface area contributed by atoms with Crippen molar-refractivity contribution in [1.29, 1.82) is 0 Å². The molecule has 0 aliphatic rings. The summed E-state index contributed by atoms with van der Waals surface area (Å²) in [5.74, 6) is -0.514. The molecule has 1 aromatic carbocycles. The minimum Gasteiger partial charge on any atom is -0.283 e. The van der Waals surface area contributed by atoms with Crippen LogP contribution in [0.3, 0.4) is 0 Å². The maximum Gasteiger partial charge on any atom is 0.242 e. The molecule has 0 radical (unpaired) electrons. The molecule has 0 atom stereocenters. The van der Waals surface area contributed by atoms with Gasteiger partial charge in [0.2, 0.25) is 10.0 Å². The van der Waals surface area contributed by atoms with E-state index in [0.717, 1.165) is 6.07 Å². The van der Waals surface area contributed by atoms with E-state index in [9.17, 15) is 12.8 Å². The van der Waals surface area contributed by atoms with E-state index in [1.54, 1.807) is 0 Å². The second-order valence-electron chi connectivity index (χ2n) is 2.45. The highest BCUT2D eigenvalue weighted by Crippen LogP contribution is 2.20. The summed E-state index contributed by atoms with van der Waals surface area (Å²) >= 11 is 5.77. The van der Waals surface area contributed by atoms with Crippen molar-refractivity contribution in [3.63, 3.8) is 0 Å². The van der Waals surface area contributed by atoms with Crippen LogP contribution >= 0.6 is 31.9 Å². The molecule has 1 aromatic rings. The topological polar surface area (TPSA) is 46.2 Å². The zero-order valence-electron chi connectivity index (χ0n) is 6.80. The van der Waals surface area contributed by atoms with E-state index in [4.69, 9.17) is 0 Å². The van der Waals surface area contributed by atoms with Crippen LogP contribution in [-0.4, -0.2) is 13.1 Å². The highest BCUT2D eigenvalue weighted by atomic mass is 79.9. The lowest BCUT2D eigenvalue weighted by Gasteiger charge is -2.05. The summed E-state index contributed by atoms with van der Waals surface area (Å²) in [5.41, 5.74) is 0.199. The van der Waals surface area contributed by atoms with Crippen molar-refractivity contribution in [1.82, 2.24) is 0 Å². The first-order chi connectivity index (χ1) is 6.44. The van der Waals surface area contributed by atoms with E-state index in [1.807, 2.05) is 0 Å². The molecule has 0 spiro atoms. The van der Waals surface area contributed by atoms with Gasteiger partial charge in [0.25, 0.3) is 0 Å². The van der Waals surface area contributed by atoms with Crippen LogP contribution < -0.4 is 4.72 Å². The zero-order chi connectivity index (χ0) is 10.8. The zero-order valence-corrected chi connectivity index (χ0v) is 10.8. The van der Waals surface area contributed by atoms with Gasteiger partial charge in [0, 0.05) is 0 Å². The van der Waals surface area contributed by atoms with Crippen LogP contribution in [0.2, 0.25) is 0 Å². The smallest absolute Gasteiger partial charge is 0.242 e. The minimum atomic E-state index is -3.42. The fourth-order valence-electron chi connectivity index (χ4n) is 0.766. The van der Waals surface area contributed by atoms with Crippen molar-refractivity contribution >= 4 is 47.6 Å². The van der Waals surface area contributed by atoms with Crippen LogP contribution in [0.5, 0.6) is 0 Å². The summed E-state index contributed by atoms with van der Waals surface area (Å²) in [4.78, 5) is 0. The van der Waals surface area contributed by atoms with Crippen LogP contribution in [-0.2, 0) is 10.0 Å². The van der Waals surface area contributed by atoms with Crippen molar-refractivity contribution < 1.29 is 12.8 Å². The number of sulfonamides is 1. The molecule has 0 fully saturated rings. The van der Waals surface area contributed by atoms with Crippen molar-refractivity contribution in [2.24, 2.45) is 0 Å². The summed E-state index contributed by atoms with van der Waals surface area (Å²) < 4.78 is 37.4. The molecule has 7 heteroatoms. The quantitative estimate of drug-likeness (QED) is 0.855. The van der Waals surface area contributed by atoms with Gasteiger partial charge in [-0.25, -0.2) is 12.8 Å². The summed E-state index contributed by atoms with van der Waals surface area (Å²) in [6, 6.07) is 4.00. The lowest BCUT2D eigenvalue weighted by atomic mass is 10.3. The van der Waals surface area contributed by atoms with Gasteiger partial charge in [0.15, 0.2) is 0 Å². The van der Waals surface area contributed by atoms with E-state index >= 15 is 0 Å². The largest absolute Gasteiger partial charge is 0.283 e. The molecule has 0 aliphatic heterocycles. The number of rotatable bonds is 3. The van der Waals surface area contributed by atoms with E-state index in [0.29, 0.717) is 4.47 Å². The molecule has 0 aromatic heterocycles. The predicted octanol–water partition coefficient (Wildman–Crippen LogP) is 2.68. The number of anilines is 1. The van der Waals surface area contributed by atoms with E-state index in [1.165, 1.54) is 12.1 Å². The van der Waals surface area contributed by atoms with Gasteiger partial charge in [0.05, 0.1) is 10.2 Å². The van der Waals surface area contributed by atoms with Gasteiger partial charge in [-0.15, -0.1) is 0 Å². The summed E-state index contributed by atoms with van der Waals surface area (Å²) in [6.07, 6.45) is 0. The summed E-state index contributed by atoms with van der Waals surface area (Å²) in [5, 5.41) is 0. The van der Waals surface area contributed by atoms with Gasteiger partial charge < -0.3 is 0 Å². The molecule has 78 valence electrons. The number of nitrogens with one attached hydrogen (secondary N) is 1. The van der Waals surface area contributed by atoms with Gasteiger partial charge in [0.1, 0.15) is 10.5 Å². The highest BCUT2D eigenvalue weighted by Gasteiger charge is 2.08. The first-order valence-corrected chi connectivity index (χ1v) is 7.03. The molecule has 0 heterocycles. The van der Waals surface area contributed by atoms with Crippen molar-refractivity contribution in [3.8, 4) is 0 Å². The Morgan fingerprint density at radius 1 is 1.43 bits per heavy atom. The number of benzene rings is 1. The Bertz CT molecular complexity index is 435. The van der Waals surface area contributed by atoms with Crippen LogP contribution in [0.4, 0.5) is 10.1 Å². The van der Waals surface area contributed by atoms with Crippen molar-refractivity contribution in [2.45, 2.75) is 0 Å². The third kappa shape index (κ3) is 3.21. The number of alkyl halides is 1. The molecule has 0 aliphatic carbocycles. The highest BCUT2D eigenvalue weighted by molar-refractivity contribution is 9.11. The fourth-order valence-corrected chi connectivity index (χ4v) is 1.90. The van der Waals surface area contributed by atoms with Crippen LogP contribution in [0, 0.1) is 5.82 Å². The molecular weight excluding hydrogens is 341 g/mol. The van der Waals surface area contributed by atoms with Crippen LogP contribution in [0.15, 0.2) is 22.7 Å². The van der Waals surface area contributed by atoms with E-state index in [-0.39, 0.29) is 10.3 Å². The monoisotopic (exact) mass is 345 g/mol. The molecular formula is C7H6Br2FNO2S. The summed E-state index contributed by atoms with van der Waals surface area (Å²) in [6.45, 7) is 0. The van der Waals surface area contributed by atoms with E-state index in [2.05, 4.69) is 36.6 Å². The first kappa shape index (κ1) is 11.9. The van der Waals surface area contributed by atoms with Gasteiger partial charge in [-0.05, 0) is 34.1 Å². The number of hydrogen-bond donors (Lipinski definition) is 1. The SMILES string of the molecule is O=S(=O)(CBr)Nc1ccc(Br)c(F)c1. The maximum absolute atomic E-state index is 13.0. The standard InChI is InChI=1S/C7H6Br2FNO2S/c8-4-14(12,13)11-5-1-2-6(9)7(10)3-5/h1-3,11H,4H2. The second kappa shape index (κ2) is 4.59. The molecule has 0 saturated carbocycles. The Kier molecular flexibility index (Phi) is 3.91. The summed E-state index contributed by atoms with van der Waals surface area (Å²) in [7, 11) is -3.42. The van der Waals surface area contributed by atoms with E-state index < -0.39 is 15.8 Å². The predicted molar refractivity (Wildman–Crippen MR) is 60.4 cm³/mol. The molecule has 0 amide bonds. The molecule has 0 unspecified atom stereocenters. The third-order valence-electron chi connectivity index (χ3n) is 1.34. The Morgan fingerprint density at radius 3 is 2.57 bits per heavy atom. The van der Waals surface area contributed by atoms with Crippen LogP contribution in [0.1, 0.15) is 0 Å². The Hall–Kier alpha value is -0.140. The van der Waals surface area contributed by atoms with Gasteiger partial charge in [-0.2, -0.15) is 0 Å². The maximum atomic E-state index is 13.0. The molecule has 0 saturated heterocycles. The number of halogens is 3. The Morgan fingerprint density at radius 2 is 2.07 bits per heavy atom. The van der Waals surface area contributed by atoms with Gasteiger partial charge in [-0.3, -0.25) is 4.72 Å². The lowest BCUT2D eigenvalue weighted by Crippen LogP contribution is -2.13. The normalized spacial score (nSPS) is 11.4. The Balaban J connectivity index is 2.94. The number of hydrogen-bond acceptors (Lipinski definition) is 2.